The van der Waals surface area contributed by atoms with Crippen LogP contribution in [0.25, 0.3) is 10.9 Å². The number of aryl methyl sites for hydroxylation is 1. The molecule has 7 nitrogen and oxygen atoms in total. The van der Waals surface area contributed by atoms with Gasteiger partial charge in [-0.25, -0.2) is 13.8 Å². The number of ketones is 1. The van der Waals surface area contributed by atoms with Crippen molar-refractivity contribution in [3.63, 3.8) is 0 Å². The molecule has 0 bridgehead atoms. The fourth-order valence-corrected chi connectivity index (χ4v) is 6.03. The zero-order valence-corrected chi connectivity index (χ0v) is 24.3. The number of ether oxygens (including phenoxy) is 1. The zero-order valence-electron chi connectivity index (χ0n) is 24.3. The second-order valence-electron chi connectivity index (χ2n) is 11.9. The van der Waals surface area contributed by atoms with Crippen molar-refractivity contribution in [2.75, 3.05) is 4.90 Å². The monoisotopic (exact) mass is 587 g/mol. The number of aromatic nitrogens is 1. The number of carbonyl (C=O) groups excluding carboxylic acids is 1. The van der Waals surface area contributed by atoms with Crippen LogP contribution in [0.5, 0.6) is 11.6 Å². The van der Waals surface area contributed by atoms with Gasteiger partial charge in [-0.3, -0.25) is 9.69 Å². The molecule has 1 unspecified atom stereocenters. The van der Waals surface area contributed by atoms with E-state index in [4.69, 9.17) is 15.5 Å². The summed E-state index contributed by atoms with van der Waals surface area (Å²) in [4.78, 5) is 20.4. The maximum atomic E-state index is 14.5. The van der Waals surface area contributed by atoms with Crippen molar-refractivity contribution in [1.82, 2.24) is 4.98 Å². The van der Waals surface area contributed by atoms with Gasteiger partial charge in [-0.05, 0) is 73.4 Å². The molecule has 6 rings (SSSR count). The largest absolute Gasteiger partial charge is 0.439 e. The molecule has 4 aromatic rings. The smallest absolute Gasteiger partial charge is 0.224 e. The molecule has 0 amide bonds. The first kappa shape index (κ1) is 28.6. The Morgan fingerprint density at radius 2 is 1.73 bits per heavy atom. The van der Waals surface area contributed by atoms with Crippen LogP contribution in [0, 0.1) is 46.6 Å². The molecular formula is C35H27F2N5O2. The standard InChI is InChI=1S/C35H27F2N5O2/c1-19-4-11-28-21(12-19)13-24(34(41-28)44-23-8-5-20(17-38)6-9-23)31-25(18-39)33(40)42(22-7-10-26(36)27(37)14-22)29-15-35(2,3)16-30(43)32(29)31/h4-14,31H,15-16,40H2,1-3H3. The molecule has 3 aromatic carbocycles. The predicted molar refractivity (Wildman–Crippen MR) is 161 cm³/mol. The highest BCUT2D eigenvalue weighted by Crippen LogP contribution is 2.52. The third-order valence-corrected chi connectivity index (χ3v) is 8.01. The van der Waals surface area contributed by atoms with E-state index in [2.05, 4.69) is 12.1 Å². The number of hydrogen-bond acceptors (Lipinski definition) is 7. The van der Waals surface area contributed by atoms with Crippen LogP contribution in [0.4, 0.5) is 14.5 Å². The SMILES string of the molecule is Cc1ccc2nc(Oc3ccc(C#N)cc3)c(C3C(C#N)=C(N)N(c4ccc(F)c(F)c4)C4=C3C(=O)CC(C)(C)C4)cc2c1. The maximum Gasteiger partial charge on any atom is 0.224 e. The van der Waals surface area contributed by atoms with E-state index in [9.17, 15) is 24.1 Å². The fourth-order valence-electron chi connectivity index (χ4n) is 6.03. The van der Waals surface area contributed by atoms with E-state index in [0.717, 1.165) is 23.1 Å². The molecule has 0 saturated carbocycles. The minimum atomic E-state index is -1.08. The average Bonchev–Trinajstić information content (AvgIpc) is 2.98. The van der Waals surface area contributed by atoms with Gasteiger partial charge in [0.25, 0.3) is 0 Å². The van der Waals surface area contributed by atoms with Gasteiger partial charge in [0.05, 0.1) is 40.4 Å². The third-order valence-electron chi connectivity index (χ3n) is 8.01. The van der Waals surface area contributed by atoms with Crippen LogP contribution in [0.2, 0.25) is 0 Å². The lowest BCUT2D eigenvalue weighted by molar-refractivity contribution is -0.118. The molecule has 1 aromatic heterocycles. The highest BCUT2D eigenvalue weighted by molar-refractivity contribution is 6.02. The topological polar surface area (TPSA) is 116 Å². The van der Waals surface area contributed by atoms with Crippen LogP contribution in [-0.2, 0) is 4.79 Å². The van der Waals surface area contributed by atoms with Gasteiger partial charge in [-0.1, -0.05) is 25.5 Å². The number of fused-ring (bicyclic) bond motifs is 1. The first-order valence-corrected chi connectivity index (χ1v) is 14.0. The van der Waals surface area contributed by atoms with Crippen LogP contribution in [0.3, 0.4) is 0 Å². The van der Waals surface area contributed by atoms with E-state index >= 15 is 0 Å². The number of hydrogen-bond donors (Lipinski definition) is 1. The van der Waals surface area contributed by atoms with Crippen molar-refractivity contribution in [2.45, 2.75) is 39.5 Å². The number of allylic oxidation sites excluding steroid dienone is 3. The second kappa shape index (κ2) is 10.6. The molecular weight excluding hydrogens is 560 g/mol. The molecule has 2 heterocycles. The quantitative estimate of drug-likeness (QED) is 0.264. The van der Waals surface area contributed by atoms with Gasteiger partial charge in [0, 0.05) is 34.7 Å². The molecule has 0 spiro atoms. The lowest BCUT2D eigenvalue weighted by atomic mass is 9.68. The number of nitrogens with two attached hydrogens (primary N) is 1. The highest BCUT2D eigenvalue weighted by atomic mass is 19.2. The van der Waals surface area contributed by atoms with Crippen LogP contribution in [0.1, 0.15) is 49.3 Å². The number of benzene rings is 3. The molecule has 1 aliphatic carbocycles. The number of carbonyl (C=O) groups is 1. The molecule has 218 valence electrons. The van der Waals surface area contributed by atoms with Gasteiger partial charge in [0.15, 0.2) is 17.4 Å². The molecule has 0 radical (unpaired) electrons. The molecule has 2 aliphatic rings. The first-order chi connectivity index (χ1) is 21.0. The molecule has 1 atom stereocenters. The normalized spacial score (nSPS) is 17.8. The number of pyridine rings is 1. The summed E-state index contributed by atoms with van der Waals surface area (Å²) in [6.45, 7) is 5.85. The molecule has 2 N–H and O–H groups in total. The van der Waals surface area contributed by atoms with Gasteiger partial charge in [-0.2, -0.15) is 10.5 Å². The highest BCUT2D eigenvalue weighted by Gasteiger charge is 2.46. The van der Waals surface area contributed by atoms with Crippen molar-refractivity contribution in [2.24, 2.45) is 11.1 Å². The van der Waals surface area contributed by atoms with Gasteiger partial charge in [0.1, 0.15) is 11.6 Å². The summed E-state index contributed by atoms with van der Waals surface area (Å²) in [5.41, 5.74) is 9.89. The van der Waals surface area contributed by atoms with Gasteiger partial charge in [-0.15, -0.1) is 0 Å². The Morgan fingerprint density at radius 3 is 2.41 bits per heavy atom. The number of nitrogens with zero attached hydrogens (tertiary/aromatic N) is 4. The first-order valence-electron chi connectivity index (χ1n) is 14.0. The van der Waals surface area contributed by atoms with Gasteiger partial charge < -0.3 is 10.5 Å². The minimum absolute atomic E-state index is 0.00132. The number of halogens is 2. The summed E-state index contributed by atoms with van der Waals surface area (Å²) in [5, 5.41) is 20.6. The lowest BCUT2D eigenvalue weighted by Gasteiger charge is -2.43. The Kier molecular flexibility index (Phi) is 6.90. The van der Waals surface area contributed by atoms with E-state index in [-0.39, 0.29) is 35.2 Å². The molecule has 9 heteroatoms. The lowest BCUT2D eigenvalue weighted by Crippen LogP contribution is -2.42. The molecule has 0 saturated heterocycles. The van der Waals surface area contributed by atoms with Crippen molar-refractivity contribution in [3.05, 3.63) is 118 Å². The molecule has 44 heavy (non-hydrogen) atoms. The van der Waals surface area contributed by atoms with Crippen molar-refractivity contribution in [3.8, 4) is 23.8 Å². The Hall–Kier alpha value is -5.54. The van der Waals surface area contributed by atoms with Crippen LogP contribution in [-0.4, -0.2) is 10.8 Å². The van der Waals surface area contributed by atoms with E-state index in [1.165, 1.54) is 11.0 Å². The van der Waals surface area contributed by atoms with Crippen molar-refractivity contribution < 1.29 is 18.3 Å². The van der Waals surface area contributed by atoms with Crippen molar-refractivity contribution >= 4 is 22.4 Å². The number of anilines is 1. The molecule has 0 fully saturated rings. The Bertz CT molecular complexity index is 2020. The summed E-state index contributed by atoms with van der Waals surface area (Å²) in [5.74, 6) is -2.66. The van der Waals surface area contributed by atoms with E-state index in [0.29, 0.717) is 40.1 Å². The van der Waals surface area contributed by atoms with Crippen molar-refractivity contribution in [1.29, 1.82) is 10.5 Å². The molecule has 1 aliphatic heterocycles. The van der Waals surface area contributed by atoms with Gasteiger partial charge in [0.2, 0.25) is 5.88 Å². The summed E-state index contributed by atoms with van der Waals surface area (Å²) in [6.07, 6.45) is 0.591. The summed E-state index contributed by atoms with van der Waals surface area (Å²) in [7, 11) is 0. The zero-order chi connectivity index (χ0) is 31.3. The van der Waals surface area contributed by atoms with E-state index < -0.39 is 23.0 Å². The Morgan fingerprint density at radius 1 is 0.977 bits per heavy atom. The third kappa shape index (κ3) is 4.93. The summed E-state index contributed by atoms with van der Waals surface area (Å²) >= 11 is 0. The predicted octanol–water partition coefficient (Wildman–Crippen LogP) is 7.43. The minimum Gasteiger partial charge on any atom is -0.439 e. The van der Waals surface area contributed by atoms with E-state index in [1.54, 1.807) is 24.3 Å². The Balaban J connectivity index is 1.63. The second-order valence-corrected chi connectivity index (χ2v) is 11.9. The van der Waals surface area contributed by atoms with Crippen LogP contribution < -0.4 is 15.4 Å². The summed E-state index contributed by atoms with van der Waals surface area (Å²) in [6, 6.07) is 21.8. The fraction of sp³-hybridized carbons (Fsp3) is 0.200. The maximum absolute atomic E-state index is 14.5. The number of Topliss-reactive ketones (excluding diaryl/α,β-unsaturated/α-hetero) is 1. The summed E-state index contributed by atoms with van der Waals surface area (Å²) < 4.78 is 34.7. The van der Waals surface area contributed by atoms with Crippen LogP contribution >= 0.6 is 0 Å². The number of nitriles is 2. The average molecular weight is 588 g/mol. The van der Waals surface area contributed by atoms with Gasteiger partial charge >= 0.3 is 0 Å². The van der Waals surface area contributed by atoms with Crippen LogP contribution in [0.15, 0.2) is 89.4 Å². The Labute approximate surface area is 253 Å². The number of rotatable bonds is 4. The van der Waals surface area contributed by atoms with E-state index in [1.807, 2.05) is 45.0 Å².